The van der Waals surface area contributed by atoms with E-state index in [9.17, 15) is 20.0 Å². The summed E-state index contributed by atoms with van der Waals surface area (Å²) in [5.74, 6) is -0.466. The van der Waals surface area contributed by atoms with Crippen molar-refractivity contribution in [2.45, 2.75) is 46.6 Å². The number of nitrogens with zero attached hydrogens (tertiary/aromatic N) is 2. The number of carbonyl (C=O) groups excluding carboxylic acids is 1. The normalized spacial score (nSPS) is 10.4. The molecule has 1 aromatic heterocycles. The van der Waals surface area contributed by atoms with Gasteiger partial charge in [-0.25, -0.2) is 0 Å². The minimum absolute atomic E-state index is 0.0326. The number of rotatable bonds is 8. The van der Waals surface area contributed by atoms with Gasteiger partial charge in [-0.05, 0) is 37.5 Å². The predicted molar refractivity (Wildman–Crippen MR) is 102 cm³/mol. The lowest BCUT2D eigenvalue weighted by atomic mass is 9.96. The summed E-state index contributed by atoms with van der Waals surface area (Å²) in [6.45, 7) is 6.11. The Kier molecular flexibility index (Phi) is 6.78. The predicted octanol–water partition coefficient (Wildman–Crippen LogP) is 3.55. The number of ketones is 1. The van der Waals surface area contributed by atoms with Gasteiger partial charge < -0.3 is 9.84 Å². The summed E-state index contributed by atoms with van der Waals surface area (Å²) in [4.78, 5) is 25.7. The van der Waals surface area contributed by atoms with Crippen LogP contribution in [0.15, 0.2) is 29.1 Å². The summed E-state index contributed by atoms with van der Waals surface area (Å²) in [7, 11) is 0. The molecule has 1 N–H and O–H groups in total. The van der Waals surface area contributed by atoms with E-state index in [1.54, 1.807) is 24.3 Å². The van der Waals surface area contributed by atoms with Crippen molar-refractivity contribution in [1.29, 1.82) is 5.26 Å². The maximum Gasteiger partial charge on any atom is 0.271 e. The van der Waals surface area contributed by atoms with Crippen LogP contribution in [0.3, 0.4) is 0 Å². The van der Waals surface area contributed by atoms with Gasteiger partial charge in [-0.2, -0.15) is 5.26 Å². The van der Waals surface area contributed by atoms with Crippen molar-refractivity contribution in [3.8, 4) is 17.7 Å². The number of ether oxygens (including phenoxy) is 1. The average molecular weight is 368 g/mol. The van der Waals surface area contributed by atoms with Crippen molar-refractivity contribution in [3.63, 3.8) is 0 Å². The van der Waals surface area contributed by atoms with Gasteiger partial charge in [-0.1, -0.05) is 32.4 Å². The number of para-hydroxylation sites is 1. The smallest absolute Gasteiger partial charge is 0.271 e. The molecule has 0 bridgehead atoms. The fourth-order valence-electron chi connectivity index (χ4n) is 2.87. The number of hydrogen-bond acceptors (Lipinski definition) is 5. The van der Waals surface area contributed by atoms with Crippen LogP contribution in [-0.4, -0.2) is 22.1 Å². The highest BCUT2D eigenvalue weighted by Gasteiger charge is 2.26. The van der Waals surface area contributed by atoms with E-state index in [-0.39, 0.29) is 28.8 Å². The lowest BCUT2D eigenvalue weighted by Gasteiger charge is -2.16. The fraction of sp³-hybridized carbons (Fsp3) is 0.381. The van der Waals surface area contributed by atoms with Crippen LogP contribution in [0.1, 0.15) is 60.2 Å². The van der Waals surface area contributed by atoms with Gasteiger partial charge in [0.15, 0.2) is 0 Å². The molecule has 6 nitrogen and oxygen atoms in total. The summed E-state index contributed by atoms with van der Waals surface area (Å²) in [6.07, 6.45) is 2.23. The second-order valence-corrected chi connectivity index (χ2v) is 6.29. The molecular formula is C21H24N2O4. The quantitative estimate of drug-likeness (QED) is 0.719. The van der Waals surface area contributed by atoms with Crippen LogP contribution >= 0.6 is 0 Å². The summed E-state index contributed by atoms with van der Waals surface area (Å²) >= 11 is 0. The van der Waals surface area contributed by atoms with E-state index in [4.69, 9.17) is 4.74 Å². The third-order valence-corrected chi connectivity index (χ3v) is 4.36. The number of aromatic nitrogens is 1. The molecule has 6 heteroatoms. The molecule has 27 heavy (non-hydrogen) atoms. The molecule has 0 saturated carbocycles. The van der Waals surface area contributed by atoms with Crippen molar-refractivity contribution in [2.75, 3.05) is 6.61 Å². The summed E-state index contributed by atoms with van der Waals surface area (Å²) in [6, 6.07) is 8.64. The zero-order chi connectivity index (χ0) is 20.0. The van der Waals surface area contributed by atoms with Crippen molar-refractivity contribution >= 4 is 5.78 Å². The highest BCUT2D eigenvalue weighted by atomic mass is 16.5. The van der Waals surface area contributed by atoms with Crippen LogP contribution in [0.2, 0.25) is 0 Å². The first kappa shape index (κ1) is 20.2. The van der Waals surface area contributed by atoms with Crippen molar-refractivity contribution < 1.29 is 14.6 Å². The Labute approximate surface area is 158 Å². The van der Waals surface area contributed by atoms with Crippen LogP contribution in [0.5, 0.6) is 11.6 Å². The minimum atomic E-state index is -0.576. The maximum absolute atomic E-state index is 13.2. The van der Waals surface area contributed by atoms with E-state index >= 15 is 0 Å². The first-order valence-electron chi connectivity index (χ1n) is 9.10. The van der Waals surface area contributed by atoms with Gasteiger partial charge in [0.25, 0.3) is 5.56 Å². The molecule has 2 aromatic rings. The molecule has 0 fully saturated rings. The van der Waals surface area contributed by atoms with Crippen molar-refractivity contribution in [3.05, 3.63) is 56.9 Å². The van der Waals surface area contributed by atoms with Gasteiger partial charge >= 0.3 is 0 Å². The van der Waals surface area contributed by atoms with Gasteiger partial charge in [0, 0.05) is 6.54 Å². The highest BCUT2D eigenvalue weighted by Crippen LogP contribution is 2.29. The molecule has 2 rings (SSSR count). The summed E-state index contributed by atoms with van der Waals surface area (Å²) < 4.78 is 6.76. The molecule has 0 amide bonds. The summed E-state index contributed by atoms with van der Waals surface area (Å²) in [5, 5.41) is 20.1. The van der Waals surface area contributed by atoms with E-state index in [0.717, 1.165) is 17.4 Å². The number of hydrogen-bond donors (Lipinski definition) is 1. The molecule has 0 aliphatic rings. The minimum Gasteiger partial charge on any atom is -0.494 e. The summed E-state index contributed by atoms with van der Waals surface area (Å²) in [5.41, 5.74) is -0.265. The molecule has 0 aliphatic heterocycles. The number of nitriles is 1. The standard InChI is InChI=1S/C21H24N2O4/c1-4-6-11-23-20(25)16(13-22)14(3)18(21(23)26)19(24)15-9-7-8-10-17(15)27-12-5-2/h7-10,26H,4-6,11-12H2,1-3H3. The Hall–Kier alpha value is -3.07. The van der Waals surface area contributed by atoms with Gasteiger partial charge in [0.2, 0.25) is 11.7 Å². The number of benzene rings is 1. The third kappa shape index (κ3) is 4.03. The number of carbonyl (C=O) groups is 1. The third-order valence-electron chi connectivity index (χ3n) is 4.36. The lowest BCUT2D eigenvalue weighted by molar-refractivity contribution is 0.103. The second-order valence-electron chi connectivity index (χ2n) is 6.29. The molecule has 0 aliphatic carbocycles. The fourth-order valence-corrected chi connectivity index (χ4v) is 2.87. The van der Waals surface area contributed by atoms with Crippen LogP contribution in [0, 0.1) is 18.3 Å². The first-order chi connectivity index (χ1) is 13.0. The average Bonchev–Trinajstić information content (AvgIpc) is 2.66. The number of aromatic hydroxyl groups is 1. The Morgan fingerprint density at radius 3 is 2.59 bits per heavy atom. The molecule has 1 heterocycles. The van der Waals surface area contributed by atoms with Crippen LogP contribution in [-0.2, 0) is 6.54 Å². The van der Waals surface area contributed by atoms with Gasteiger partial charge in [-0.15, -0.1) is 0 Å². The molecule has 1 aromatic carbocycles. The molecule has 142 valence electrons. The van der Waals surface area contributed by atoms with E-state index < -0.39 is 17.2 Å². The van der Waals surface area contributed by atoms with Crippen molar-refractivity contribution in [2.24, 2.45) is 0 Å². The molecule has 0 spiro atoms. The van der Waals surface area contributed by atoms with Crippen LogP contribution in [0.25, 0.3) is 0 Å². The molecule has 0 unspecified atom stereocenters. The second kappa shape index (κ2) is 9.04. The zero-order valence-electron chi connectivity index (χ0n) is 15.9. The Morgan fingerprint density at radius 1 is 1.26 bits per heavy atom. The lowest BCUT2D eigenvalue weighted by Crippen LogP contribution is -2.27. The van der Waals surface area contributed by atoms with E-state index in [1.165, 1.54) is 6.92 Å². The number of pyridine rings is 1. The Balaban J connectivity index is 2.67. The zero-order valence-corrected chi connectivity index (χ0v) is 15.9. The van der Waals surface area contributed by atoms with Gasteiger partial charge in [0.05, 0.1) is 17.7 Å². The first-order valence-corrected chi connectivity index (χ1v) is 9.10. The van der Waals surface area contributed by atoms with Crippen LogP contribution in [0.4, 0.5) is 0 Å². The van der Waals surface area contributed by atoms with Crippen molar-refractivity contribution in [1.82, 2.24) is 4.57 Å². The van der Waals surface area contributed by atoms with Gasteiger partial charge in [-0.3, -0.25) is 14.2 Å². The SMILES string of the molecule is CCCCn1c(O)c(C(=O)c2ccccc2OCCC)c(C)c(C#N)c1=O. The topological polar surface area (TPSA) is 92.3 Å². The largest absolute Gasteiger partial charge is 0.494 e. The molecule has 0 radical (unpaired) electrons. The molecular weight excluding hydrogens is 344 g/mol. The Bertz CT molecular complexity index is 938. The van der Waals surface area contributed by atoms with E-state index in [0.29, 0.717) is 18.8 Å². The van der Waals surface area contributed by atoms with Gasteiger partial charge in [0.1, 0.15) is 17.4 Å². The monoisotopic (exact) mass is 368 g/mol. The number of unbranched alkanes of at least 4 members (excludes halogenated alkanes) is 1. The van der Waals surface area contributed by atoms with E-state index in [1.807, 2.05) is 19.9 Å². The maximum atomic E-state index is 13.2. The van der Waals surface area contributed by atoms with E-state index in [2.05, 4.69) is 0 Å². The van der Waals surface area contributed by atoms with Crippen LogP contribution < -0.4 is 10.3 Å². The molecule has 0 atom stereocenters. The molecule has 0 saturated heterocycles. The highest BCUT2D eigenvalue weighted by molar-refractivity contribution is 6.13. The Morgan fingerprint density at radius 2 is 1.96 bits per heavy atom.